The van der Waals surface area contributed by atoms with Crippen molar-refractivity contribution >= 4 is 11.4 Å². The van der Waals surface area contributed by atoms with Crippen LogP contribution >= 0.6 is 0 Å². The Kier molecular flexibility index (Phi) is 3.76. The van der Waals surface area contributed by atoms with Gasteiger partial charge in [-0.15, -0.1) is 10.2 Å². The first kappa shape index (κ1) is 12.3. The van der Waals surface area contributed by atoms with Crippen LogP contribution in [0, 0.1) is 0 Å². The summed E-state index contributed by atoms with van der Waals surface area (Å²) in [6, 6.07) is 7.84. The highest BCUT2D eigenvalue weighted by molar-refractivity contribution is 5.53. The van der Waals surface area contributed by atoms with Crippen LogP contribution in [0.5, 0.6) is 0 Å². The molecule has 0 aliphatic carbocycles. The van der Waals surface area contributed by atoms with Crippen LogP contribution in [0.15, 0.2) is 24.3 Å². The van der Waals surface area contributed by atoms with Crippen LogP contribution in [0.2, 0.25) is 0 Å². The Hall–Kier alpha value is -2.11. The molecule has 2 N–H and O–H groups in total. The number of nitrogen functional groups attached to an aromatic ring is 1. The molecule has 0 radical (unpaired) electrons. The zero-order chi connectivity index (χ0) is 13.0. The number of aromatic nitrogens is 4. The summed E-state index contributed by atoms with van der Waals surface area (Å²) in [7, 11) is 1.77. The third kappa shape index (κ3) is 2.97. The minimum atomic E-state index is 0.658. The number of nitrogens with zero attached hydrogens (tertiary/aromatic N) is 5. The third-order valence-electron chi connectivity index (χ3n) is 2.63. The van der Waals surface area contributed by atoms with Gasteiger partial charge in [0.1, 0.15) is 0 Å². The lowest BCUT2D eigenvalue weighted by Crippen LogP contribution is -2.24. The summed E-state index contributed by atoms with van der Waals surface area (Å²) in [5.74, 6) is 0.725. The molecule has 1 heterocycles. The fourth-order valence-electron chi connectivity index (χ4n) is 1.81. The van der Waals surface area contributed by atoms with E-state index in [0.717, 1.165) is 30.2 Å². The molecular weight excluding hydrogens is 228 g/mol. The average molecular weight is 246 g/mol. The quantitative estimate of drug-likeness (QED) is 0.803. The molecule has 0 unspecified atom stereocenters. The lowest BCUT2D eigenvalue weighted by atomic mass is 10.2. The van der Waals surface area contributed by atoms with Gasteiger partial charge in [-0.2, -0.15) is 4.80 Å². The van der Waals surface area contributed by atoms with Crippen molar-refractivity contribution < 1.29 is 0 Å². The van der Waals surface area contributed by atoms with Crippen molar-refractivity contribution in [3.05, 3.63) is 30.1 Å². The summed E-state index contributed by atoms with van der Waals surface area (Å²) in [6.45, 7) is 3.75. The Morgan fingerprint density at radius 1 is 1.28 bits per heavy atom. The second-order valence-electron chi connectivity index (χ2n) is 4.21. The van der Waals surface area contributed by atoms with Crippen molar-refractivity contribution in [1.82, 2.24) is 20.2 Å². The minimum Gasteiger partial charge on any atom is -0.399 e. The lowest BCUT2D eigenvalue weighted by Gasteiger charge is -2.22. The van der Waals surface area contributed by atoms with Gasteiger partial charge < -0.3 is 10.6 Å². The van der Waals surface area contributed by atoms with Crippen molar-refractivity contribution in [2.24, 2.45) is 7.05 Å². The van der Waals surface area contributed by atoms with Gasteiger partial charge in [0, 0.05) is 17.9 Å². The molecule has 1 aromatic carbocycles. The van der Waals surface area contributed by atoms with Crippen LogP contribution in [-0.2, 0) is 13.6 Å². The zero-order valence-corrected chi connectivity index (χ0v) is 10.7. The number of hydrogen-bond donors (Lipinski definition) is 1. The largest absolute Gasteiger partial charge is 0.399 e. The molecule has 0 atom stereocenters. The molecule has 0 saturated carbocycles. The fourth-order valence-corrected chi connectivity index (χ4v) is 1.81. The maximum atomic E-state index is 5.70. The van der Waals surface area contributed by atoms with Crippen LogP contribution in [-0.4, -0.2) is 26.8 Å². The molecule has 0 saturated heterocycles. The van der Waals surface area contributed by atoms with E-state index in [1.165, 1.54) is 4.80 Å². The van der Waals surface area contributed by atoms with Gasteiger partial charge in [-0.05, 0) is 35.9 Å². The highest BCUT2D eigenvalue weighted by Gasteiger charge is 2.09. The predicted molar refractivity (Wildman–Crippen MR) is 71.0 cm³/mol. The first-order valence-corrected chi connectivity index (χ1v) is 6.02. The third-order valence-corrected chi connectivity index (χ3v) is 2.63. The number of benzene rings is 1. The van der Waals surface area contributed by atoms with Crippen LogP contribution in [0.4, 0.5) is 11.4 Å². The molecule has 0 bridgehead atoms. The summed E-state index contributed by atoms with van der Waals surface area (Å²) in [5.41, 5.74) is 7.59. The zero-order valence-electron chi connectivity index (χ0n) is 10.7. The monoisotopic (exact) mass is 246 g/mol. The van der Waals surface area contributed by atoms with E-state index >= 15 is 0 Å². The van der Waals surface area contributed by atoms with Crippen LogP contribution < -0.4 is 10.6 Å². The molecule has 6 heteroatoms. The Morgan fingerprint density at radius 3 is 2.56 bits per heavy atom. The number of tetrazole rings is 1. The fraction of sp³-hybridized carbons (Fsp3) is 0.417. The molecular formula is C12H18N6. The summed E-state index contributed by atoms with van der Waals surface area (Å²) < 4.78 is 0. The molecule has 0 aliphatic rings. The highest BCUT2D eigenvalue weighted by Crippen LogP contribution is 2.18. The van der Waals surface area contributed by atoms with E-state index in [-0.39, 0.29) is 0 Å². The van der Waals surface area contributed by atoms with Gasteiger partial charge in [-0.3, -0.25) is 0 Å². The lowest BCUT2D eigenvalue weighted by molar-refractivity contribution is 0.626. The van der Waals surface area contributed by atoms with E-state index in [0.29, 0.717) is 6.54 Å². The number of aryl methyl sites for hydroxylation is 1. The maximum Gasteiger partial charge on any atom is 0.193 e. The van der Waals surface area contributed by atoms with Crippen molar-refractivity contribution in [2.75, 3.05) is 17.2 Å². The number of rotatable bonds is 5. The van der Waals surface area contributed by atoms with Gasteiger partial charge in [0.15, 0.2) is 5.82 Å². The average Bonchev–Trinajstić information content (AvgIpc) is 2.75. The Labute approximate surface area is 106 Å². The SMILES string of the molecule is CCCN(Cc1nnn(C)n1)c1ccc(N)cc1. The highest BCUT2D eigenvalue weighted by atomic mass is 15.6. The molecule has 2 aromatic rings. The van der Waals surface area contributed by atoms with Gasteiger partial charge in [0.05, 0.1) is 13.6 Å². The second-order valence-corrected chi connectivity index (χ2v) is 4.21. The standard InChI is InChI=1S/C12H18N6/c1-3-8-18(9-12-14-16-17(2)15-12)11-6-4-10(13)5-7-11/h4-7H,3,8-9,13H2,1-2H3. The molecule has 0 amide bonds. The van der Waals surface area contributed by atoms with E-state index in [1.54, 1.807) is 7.05 Å². The van der Waals surface area contributed by atoms with Gasteiger partial charge >= 0.3 is 0 Å². The second kappa shape index (κ2) is 5.48. The minimum absolute atomic E-state index is 0.658. The van der Waals surface area contributed by atoms with Crippen molar-refractivity contribution in [1.29, 1.82) is 0 Å². The maximum absolute atomic E-state index is 5.70. The molecule has 0 spiro atoms. The molecule has 1 aromatic heterocycles. The van der Waals surface area contributed by atoms with E-state index in [4.69, 9.17) is 5.73 Å². The number of anilines is 2. The summed E-state index contributed by atoms with van der Waals surface area (Å²) in [5, 5.41) is 12.1. The Balaban J connectivity index is 2.14. The Morgan fingerprint density at radius 2 is 2.00 bits per heavy atom. The van der Waals surface area contributed by atoms with Crippen LogP contribution in [0.1, 0.15) is 19.2 Å². The molecule has 0 aliphatic heterocycles. The summed E-state index contributed by atoms with van der Waals surface area (Å²) in [6.07, 6.45) is 1.06. The summed E-state index contributed by atoms with van der Waals surface area (Å²) >= 11 is 0. The molecule has 2 rings (SSSR count). The first-order chi connectivity index (χ1) is 8.69. The number of hydrogen-bond acceptors (Lipinski definition) is 5. The normalized spacial score (nSPS) is 10.6. The van der Waals surface area contributed by atoms with Crippen molar-refractivity contribution in [2.45, 2.75) is 19.9 Å². The van der Waals surface area contributed by atoms with E-state index in [9.17, 15) is 0 Å². The summed E-state index contributed by atoms with van der Waals surface area (Å²) in [4.78, 5) is 3.69. The molecule has 18 heavy (non-hydrogen) atoms. The van der Waals surface area contributed by atoms with Gasteiger partial charge in [0.2, 0.25) is 0 Å². The van der Waals surface area contributed by atoms with Crippen molar-refractivity contribution in [3.8, 4) is 0 Å². The van der Waals surface area contributed by atoms with Crippen LogP contribution in [0.3, 0.4) is 0 Å². The topological polar surface area (TPSA) is 72.9 Å². The Bertz CT molecular complexity index is 490. The number of nitrogens with two attached hydrogens (primary N) is 1. The first-order valence-electron chi connectivity index (χ1n) is 6.02. The van der Waals surface area contributed by atoms with Gasteiger partial charge in [-0.25, -0.2) is 0 Å². The molecule has 6 nitrogen and oxygen atoms in total. The molecule has 0 fully saturated rings. The van der Waals surface area contributed by atoms with E-state index in [1.807, 2.05) is 24.3 Å². The van der Waals surface area contributed by atoms with E-state index in [2.05, 4.69) is 27.2 Å². The van der Waals surface area contributed by atoms with Crippen LogP contribution in [0.25, 0.3) is 0 Å². The van der Waals surface area contributed by atoms with Crippen molar-refractivity contribution in [3.63, 3.8) is 0 Å². The smallest absolute Gasteiger partial charge is 0.193 e. The van der Waals surface area contributed by atoms with E-state index < -0.39 is 0 Å². The molecule has 96 valence electrons. The van der Waals surface area contributed by atoms with Gasteiger partial charge in [-0.1, -0.05) is 6.92 Å². The van der Waals surface area contributed by atoms with Gasteiger partial charge in [0.25, 0.3) is 0 Å². The predicted octanol–water partition coefficient (Wildman–Crippen LogP) is 1.21.